The van der Waals surface area contributed by atoms with Crippen LogP contribution in [0.1, 0.15) is 104 Å². The lowest BCUT2D eigenvalue weighted by Crippen LogP contribution is -2.48. The normalized spacial score (nSPS) is 17.4. The van der Waals surface area contributed by atoms with E-state index in [1.165, 1.54) is 71.2 Å². The van der Waals surface area contributed by atoms with Crippen LogP contribution < -0.4 is 40.9 Å². The summed E-state index contributed by atoms with van der Waals surface area (Å²) >= 11 is 6.87. The van der Waals surface area contributed by atoms with Crippen molar-refractivity contribution in [1.29, 1.82) is 0 Å². The number of hydrogen-bond donors (Lipinski definition) is 6. The maximum Gasteiger partial charge on any atom is 0.342 e. The molecule has 4 aromatic carbocycles. The average Bonchev–Trinajstić information content (AvgIpc) is 1.63. The van der Waals surface area contributed by atoms with Gasteiger partial charge in [-0.1, -0.05) is 104 Å². The molecular formula is C94H86Br2F4N20O12. The number of nitrogens with one attached hydrogen (secondary N) is 4. The van der Waals surface area contributed by atoms with Gasteiger partial charge in [-0.2, -0.15) is 56.7 Å². The summed E-state index contributed by atoms with van der Waals surface area (Å²) in [6, 6.07) is 36.1. The van der Waals surface area contributed by atoms with Crippen molar-refractivity contribution in [3.63, 3.8) is 0 Å². The monoisotopic (exact) mass is 1920 g/mol. The fourth-order valence-electron chi connectivity index (χ4n) is 15.3. The predicted molar refractivity (Wildman–Crippen MR) is 481 cm³/mol. The van der Waals surface area contributed by atoms with Crippen molar-refractivity contribution in [2.24, 2.45) is 0 Å². The van der Waals surface area contributed by atoms with E-state index in [1.807, 2.05) is 72.8 Å². The predicted octanol–water partition coefficient (Wildman–Crippen LogP) is 9.92. The zero-order valence-corrected chi connectivity index (χ0v) is 74.7. The maximum atomic E-state index is 13.3. The quantitative estimate of drug-likeness (QED) is 0.0376. The zero-order chi connectivity index (χ0) is 93.1. The van der Waals surface area contributed by atoms with Crippen LogP contribution in [0.4, 0.5) is 59.5 Å². The number of fused-ring (bicyclic) bond motifs is 4. The minimum absolute atomic E-state index is 0.184. The smallest absolute Gasteiger partial charge is 0.342 e. The first-order valence-corrected chi connectivity index (χ1v) is 43.4. The van der Waals surface area contributed by atoms with E-state index in [0.29, 0.717) is 145 Å². The molecule has 4 atom stereocenters. The van der Waals surface area contributed by atoms with Gasteiger partial charge in [-0.3, -0.25) is 19.2 Å². The van der Waals surface area contributed by atoms with Gasteiger partial charge in [0.2, 0.25) is 47.4 Å². The highest BCUT2D eigenvalue weighted by Crippen LogP contribution is 2.34. The van der Waals surface area contributed by atoms with E-state index in [1.54, 1.807) is 98.9 Å². The molecule has 0 aliphatic carbocycles. The molecule has 2 unspecified atom stereocenters. The lowest BCUT2D eigenvalue weighted by Gasteiger charge is -2.30. The number of pyridine rings is 4. The van der Waals surface area contributed by atoms with E-state index in [4.69, 9.17) is 9.47 Å². The van der Waals surface area contributed by atoms with Gasteiger partial charge in [0.05, 0.1) is 51.2 Å². The first kappa shape index (κ1) is 92.4. The molecule has 32 nitrogen and oxygen atoms in total. The van der Waals surface area contributed by atoms with Crippen molar-refractivity contribution < 1.29 is 75.6 Å². The lowest BCUT2D eigenvalue weighted by atomic mass is 10.0. The van der Waals surface area contributed by atoms with Crippen molar-refractivity contribution >= 4 is 102 Å². The van der Waals surface area contributed by atoms with Gasteiger partial charge in [0.1, 0.15) is 24.2 Å². The molecule has 18 rings (SSSR count). The molecule has 6 aliphatic heterocycles. The number of carbonyl (C=O) groups is 8. The number of benzene rings is 4. The molecule has 2 fully saturated rings. The zero-order valence-electron chi connectivity index (χ0n) is 71.5. The first-order chi connectivity index (χ1) is 63.4. The van der Waals surface area contributed by atoms with Gasteiger partial charge in [0, 0.05) is 144 Å². The van der Waals surface area contributed by atoms with E-state index in [2.05, 4.69) is 117 Å². The lowest BCUT2D eigenvalue weighted by molar-refractivity contribution is -0.140. The summed E-state index contributed by atoms with van der Waals surface area (Å²) in [6.45, 7) is 0.739. The third-order valence-electron chi connectivity index (χ3n) is 22.5. The Balaban J connectivity index is 0.000000135. The molecule has 8 amide bonds. The molecular weight excluding hydrogens is 1840 g/mol. The Kier molecular flexibility index (Phi) is 28.6. The summed E-state index contributed by atoms with van der Waals surface area (Å²) in [7, 11) is 6.73. The average molecular weight is 1920 g/mol. The van der Waals surface area contributed by atoms with Crippen LogP contribution in [0.5, 0.6) is 0 Å². The number of aliphatic hydroxyl groups is 2. The standard InChI is InChI=1S/2C26H24FN5O4.2C21H19BrFN5O2/c2*1-31-22-12-17(9-10-26(35)15-36-16-26)5-6-19(22)7-8-21(24(31)33)30-25(34)32-14-18(13-28-32)11-20-3-2-4-23(27)29-20;2*1-27-18-10-15(22)7-5-14(18)6-8-17(20(27)29)26-21(30)28-12-13(11-24-28)9-16-3-2-4-19(23)25-16/h2*2-6,12-14,21,35H,7-8,11,15-16H2,1H3,(H,30,34);2*2-5,7,10-12,17H,6,8-9H2,1H3,(H,26,30)/t21-;;17-;/m1.1./s1. The van der Waals surface area contributed by atoms with Crippen LogP contribution in [0.3, 0.4) is 0 Å². The Morgan fingerprint density at radius 1 is 0.386 bits per heavy atom. The van der Waals surface area contributed by atoms with Gasteiger partial charge in [-0.15, -0.1) is 0 Å². The van der Waals surface area contributed by atoms with Crippen LogP contribution in [0, 0.1) is 47.5 Å². The summed E-state index contributed by atoms with van der Waals surface area (Å²) in [5, 5.41) is 47.6. The molecule has 8 aromatic heterocycles. The first-order valence-electron chi connectivity index (χ1n) is 41.8. The van der Waals surface area contributed by atoms with Gasteiger partial charge in [0.25, 0.3) is 0 Å². The molecule has 0 spiro atoms. The van der Waals surface area contributed by atoms with E-state index >= 15 is 0 Å². The van der Waals surface area contributed by atoms with Crippen molar-refractivity contribution in [2.75, 3.05) is 74.2 Å². The summed E-state index contributed by atoms with van der Waals surface area (Å²) in [4.78, 5) is 125. The van der Waals surface area contributed by atoms with Gasteiger partial charge in [-0.05, 0) is 193 Å². The molecule has 0 saturated carbocycles. The van der Waals surface area contributed by atoms with Crippen molar-refractivity contribution in [2.45, 2.75) is 112 Å². The molecule has 2 saturated heterocycles. The van der Waals surface area contributed by atoms with E-state index in [9.17, 15) is 66.1 Å². The van der Waals surface area contributed by atoms with Crippen LogP contribution in [-0.4, -0.2) is 207 Å². The van der Waals surface area contributed by atoms with E-state index in [-0.39, 0.29) is 50.1 Å². The summed E-state index contributed by atoms with van der Waals surface area (Å²) in [6.07, 6.45) is 17.9. The number of carbonyl (C=O) groups excluding carboxylic acids is 8. The van der Waals surface area contributed by atoms with E-state index in [0.717, 1.165) is 61.3 Å². The molecule has 6 aliphatic rings. The van der Waals surface area contributed by atoms with Gasteiger partial charge < -0.3 is 60.6 Å². The molecule has 38 heteroatoms. The third-order valence-corrected chi connectivity index (χ3v) is 23.5. The Morgan fingerprint density at radius 3 is 0.879 bits per heavy atom. The van der Waals surface area contributed by atoms with Gasteiger partial charge >= 0.3 is 24.1 Å². The summed E-state index contributed by atoms with van der Waals surface area (Å²) in [5.41, 5.74) is 11.1. The van der Waals surface area contributed by atoms with Crippen LogP contribution in [0.2, 0.25) is 0 Å². The molecule has 132 heavy (non-hydrogen) atoms. The number of aryl methyl sites for hydroxylation is 4. The fraction of sp³-hybridized carbons (Fsp3) is 0.277. The molecule has 0 radical (unpaired) electrons. The second-order valence-electron chi connectivity index (χ2n) is 32.2. The number of ether oxygens (including phenoxy) is 2. The number of hydrogen-bond acceptors (Lipinski definition) is 20. The van der Waals surface area contributed by atoms with Crippen molar-refractivity contribution in [3.8, 4) is 23.7 Å². The Hall–Kier alpha value is -14.3. The number of nitrogens with zero attached hydrogens (tertiary/aromatic N) is 16. The van der Waals surface area contributed by atoms with E-state index < -0.39 is 83.3 Å². The number of likely N-dealkylation sites (N-methyl/N-ethyl adjacent to an activating group) is 4. The van der Waals surface area contributed by atoms with Gasteiger partial charge in [-0.25, -0.2) is 39.1 Å². The van der Waals surface area contributed by atoms with Crippen LogP contribution in [-0.2, 0) is 80.0 Å². The highest BCUT2D eigenvalue weighted by Gasteiger charge is 2.38. The SMILES string of the molecule is CN1C(=O)C(NC(=O)n2cc(Cc3cccc(F)n3)cn2)CCc2ccc(Br)cc21.CN1C(=O)C(NC(=O)n2cc(Cc3cccc(F)n3)cn2)CCc2ccc(C#CC3(O)COC3)cc21.CN1C(=O)[C@H](NC(=O)n2cc(Cc3cccc(F)n3)cn2)CCc2ccc(Br)cc21.CN1C(=O)[C@H](NC(=O)n2cc(Cc3cccc(F)n3)cn2)CCc2ccc(C#CC3(O)COC3)cc21. The minimum atomic E-state index is -1.12. The number of anilines is 4. The van der Waals surface area contributed by atoms with Crippen LogP contribution >= 0.6 is 31.9 Å². The molecule has 14 heterocycles. The minimum Gasteiger partial charge on any atom is -0.373 e. The van der Waals surface area contributed by atoms with Crippen molar-refractivity contribution in [1.82, 2.24) is 80.3 Å². The summed E-state index contributed by atoms with van der Waals surface area (Å²) < 4.78 is 69.5. The van der Waals surface area contributed by atoms with Crippen LogP contribution in [0.25, 0.3) is 0 Å². The third kappa shape index (κ3) is 22.9. The highest BCUT2D eigenvalue weighted by molar-refractivity contribution is 9.10. The number of halogens is 6. The Bertz CT molecular complexity index is 6170. The number of amides is 8. The van der Waals surface area contributed by atoms with Crippen molar-refractivity contribution in [3.05, 3.63) is 306 Å². The fourth-order valence-corrected chi connectivity index (χ4v) is 16.0. The number of aromatic nitrogens is 12. The van der Waals surface area contributed by atoms with Crippen LogP contribution in [0.15, 0.2) is 204 Å². The second kappa shape index (κ2) is 40.8. The molecule has 12 aromatic rings. The largest absolute Gasteiger partial charge is 0.373 e. The second-order valence-corrected chi connectivity index (χ2v) is 34.1. The Labute approximate surface area is 770 Å². The molecule has 676 valence electrons. The maximum absolute atomic E-state index is 13.3. The van der Waals surface area contributed by atoms with Gasteiger partial charge in [0.15, 0.2) is 11.2 Å². The number of rotatable bonds is 12. The Morgan fingerprint density at radius 2 is 0.636 bits per heavy atom. The molecule has 0 bridgehead atoms. The topological polar surface area (TPSA) is 379 Å². The highest BCUT2D eigenvalue weighted by atomic mass is 79.9. The molecule has 6 N–H and O–H groups in total. The summed E-state index contributed by atoms with van der Waals surface area (Å²) in [5.74, 6) is 8.43.